The number of benzene rings is 2. The summed E-state index contributed by atoms with van der Waals surface area (Å²) >= 11 is 13.0. The van der Waals surface area contributed by atoms with Crippen LogP contribution in [-0.2, 0) is 11.3 Å². The van der Waals surface area contributed by atoms with Crippen LogP contribution in [-0.4, -0.2) is 29.9 Å². The maximum Gasteiger partial charge on any atom is 0.227 e. The average Bonchev–Trinajstić information content (AvgIpc) is 3.42. The van der Waals surface area contributed by atoms with Gasteiger partial charge in [-0.15, -0.1) is 0 Å². The van der Waals surface area contributed by atoms with Gasteiger partial charge in [0.05, 0.1) is 0 Å². The Kier molecular flexibility index (Phi) is 4.42. The molecule has 1 saturated heterocycles. The van der Waals surface area contributed by atoms with Gasteiger partial charge in [-0.3, -0.25) is 9.69 Å². The third kappa shape index (κ3) is 3.16. The molecule has 0 aromatic heterocycles. The van der Waals surface area contributed by atoms with Gasteiger partial charge in [0.15, 0.2) is 0 Å². The minimum absolute atomic E-state index is 0.176. The number of carbonyl (C=O) groups excluding carboxylic acids is 1. The van der Waals surface area contributed by atoms with Gasteiger partial charge in [-0.1, -0.05) is 41.4 Å². The number of anilines is 1. The molecule has 3 nitrogen and oxygen atoms in total. The molecule has 0 N–H and O–H groups in total. The van der Waals surface area contributed by atoms with Crippen molar-refractivity contribution in [3.05, 3.63) is 63.1 Å². The number of carbonyl (C=O) groups is 1. The molecule has 2 fully saturated rings. The lowest BCUT2D eigenvalue weighted by molar-refractivity contribution is -0.117. The highest BCUT2D eigenvalue weighted by molar-refractivity contribution is 6.35. The van der Waals surface area contributed by atoms with Crippen molar-refractivity contribution in [3.8, 4) is 0 Å². The number of rotatable bonds is 3. The first-order valence-corrected chi connectivity index (χ1v) is 10.5. The smallest absolute Gasteiger partial charge is 0.227 e. The zero-order valence-corrected chi connectivity index (χ0v) is 16.6. The molecule has 1 amide bonds. The van der Waals surface area contributed by atoms with Crippen LogP contribution in [0.2, 0.25) is 10.0 Å². The van der Waals surface area contributed by atoms with Crippen molar-refractivity contribution in [2.45, 2.75) is 44.2 Å². The average molecular weight is 401 g/mol. The number of amides is 1. The van der Waals surface area contributed by atoms with Crippen LogP contribution in [0.1, 0.15) is 48.3 Å². The molecule has 2 heterocycles. The van der Waals surface area contributed by atoms with Crippen molar-refractivity contribution in [1.82, 2.24) is 4.90 Å². The Morgan fingerprint density at radius 1 is 1.04 bits per heavy atom. The Morgan fingerprint density at radius 3 is 2.59 bits per heavy atom. The van der Waals surface area contributed by atoms with E-state index < -0.39 is 0 Å². The van der Waals surface area contributed by atoms with Gasteiger partial charge in [-0.25, -0.2) is 0 Å². The standard InChI is InChI=1S/C22H22Cl2N2O/c23-14-10-17-18(12-25(15-7-8-15)13-19(17)20(24)11-14)16-4-1-2-5-21(16)26-9-3-6-22(26)27/h1-2,4-5,10-11,15,18H,3,6-9,12-13H2. The Morgan fingerprint density at radius 2 is 1.85 bits per heavy atom. The van der Waals surface area contributed by atoms with Gasteiger partial charge in [-0.05, 0) is 54.2 Å². The molecule has 1 unspecified atom stereocenters. The van der Waals surface area contributed by atoms with Crippen molar-refractivity contribution in [3.63, 3.8) is 0 Å². The topological polar surface area (TPSA) is 23.6 Å². The van der Waals surface area contributed by atoms with E-state index in [4.69, 9.17) is 23.2 Å². The third-order valence-electron chi connectivity index (χ3n) is 6.09. The largest absolute Gasteiger partial charge is 0.312 e. The number of nitrogens with zero attached hydrogens (tertiary/aromatic N) is 2. The zero-order valence-electron chi connectivity index (χ0n) is 15.1. The fraction of sp³-hybridized carbons (Fsp3) is 0.409. The van der Waals surface area contributed by atoms with Crippen LogP contribution >= 0.6 is 23.2 Å². The van der Waals surface area contributed by atoms with Crippen LogP contribution in [0.25, 0.3) is 0 Å². The predicted octanol–water partition coefficient (Wildman–Crippen LogP) is 5.23. The second-order valence-corrected chi connectivity index (χ2v) is 8.72. The fourth-order valence-electron chi connectivity index (χ4n) is 4.62. The summed E-state index contributed by atoms with van der Waals surface area (Å²) in [6.45, 7) is 2.64. The lowest BCUT2D eigenvalue weighted by Crippen LogP contribution is -2.36. The molecular formula is C22H22Cl2N2O. The van der Waals surface area contributed by atoms with Crippen LogP contribution in [0, 0.1) is 0 Å². The number of hydrogen-bond acceptors (Lipinski definition) is 2. The highest BCUT2D eigenvalue weighted by Gasteiger charge is 2.38. The van der Waals surface area contributed by atoms with E-state index in [9.17, 15) is 4.79 Å². The summed E-state index contributed by atoms with van der Waals surface area (Å²) in [7, 11) is 0. The van der Waals surface area contributed by atoms with Crippen molar-refractivity contribution < 1.29 is 4.79 Å². The molecule has 1 saturated carbocycles. The van der Waals surface area contributed by atoms with Gasteiger partial charge in [0.1, 0.15) is 0 Å². The highest BCUT2D eigenvalue weighted by Crippen LogP contribution is 2.44. The van der Waals surface area contributed by atoms with Crippen LogP contribution in [0.4, 0.5) is 5.69 Å². The van der Waals surface area contributed by atoms with E-state index in [1.165, 1.54) is 29.5 Å². The zero-order chi connectivity index (χ0) is 18.5. The van der Waals surface area contributed by atoms with Gasteiger partial charge in [0.25, 0.3) is 0 Å². The summed E-state index contributed by atoms with van der Waals surface area (Å²) in [5.74, 6) is 0.400. The van der Waals surface area contributed by atoms with Crippen molar-refractivity contribution in [1.29, 1.82) is 0 Å². The quantitative estimate of drug-likeness (QED) is 0.703. The molecule has 5 rings (SSSR count). The molecule has 0 radical (unpaired) electrons. The summed E-state index contributed by atoms with van der Waals surface area (Å²) in [5, 5.41) is 1.43. The number of halogens is 2. The fourth-order valence-corrected chi connectivity index (χ4v) is 5.19. The molecule has 140 valence electrons. The summed E-state index contributed by atoms with van der Waals surface area (Å²) in [6.07, 6.45) is 4.10. The van der Waals surface area contributed by atoms with E-state index in [-0.39, 0.29) is 11.8 Å². The van der Waals surface area contributed by atoms with Crippen molar-refractivity contribution in [2.24, 2.45) is 0 Å². The normalized spacial score (nSPS) is 23.0. The van der Waals surface area contributed by atoms with E-state index in [2.05, 4.69) is 29.2 Å². The molecule has 5 heteroatoms. The van der Waals surface area contributed by atoms with Gasteiger partial charge < -0.3 is 4.90 Å². The number of hydrogen-bond donors (Lipinski definition) is 0. The van der Waals surface area contributed by atoms with Crippen molar-refractivity contribution in [2.75, 3.05) is 18.0 Å². The van der Waals surface area contributed by atoms with Crippen molar-refractivity contribution >= 4 is 34.8 Å². The predicted molar refractivity (Wildman–Crippen MR) is 110 cm³/mol. The lowest BCUT2D eigenvalue weighted by atomic mass is 9.83. The molecule has 1 atom stereocenters. The van der Waals surface area contributed by atoms with Gasteiger partial charge in [0, 0.05) is 53.7 Å². The Balaban J connectivity index is 1.64. The number of fused-ring (bicyclic) bond motifs is 1. The lowest BCUT2D eigenvalue weighted by Gasteiger charge is -2.37. The van der Waals surface area contributed by atoms with Crippen LogP contribution in [0.15, 0.2) is 36.4 Å². The molecule has 2 aliphatic heterocycles. The molecule has 0 bridgehead atoms. The van der Waals surface area contributed by atoms with Crippen LogP contribution in [0.5, 0.6) is 0 Å². The first-order chi connectivity index (χ1) is 13.1. The summed E-state index contributed by atoms with van der Waals surface area (Å²) in [5.41, 5.74) is 4.65. The second-order valence-electron chi connectivity index (χ2n) is 7.88. The second kappa shape index (κ2) is 6.80. The molecular weight excluding hydrogens is 379 g/mol. The summed E-state index contributed by atoms with van der Waals surface area (Å²) < 4.78 is 0. The van der Waals surface area contributed by atoms with E-state index in [0.29, 0.717) is 17.5 Å². The maximum atomic E-state index is 12.4. The molecule has 2 aromatic rings. The van der Waals surface area contributed by atoms with E-state index in [0.717, 1.165) is 36.8 Å². The van der Waals surface area contributed by atoms with Gasteiger partial charge in [-0.2, -0.15) is 0 Å². The van der Waals surface area contributed by atoms with E-state index in [1.807, 2.05) is 17.0 Å². The van der Waals surface area contributed by atoms with Crippen LogP contribution < -0.4 is 4.90 Å². The maximum absolute atomic E-state index is 12.4. The SMILES string of the molecule is O=C1CCCN1c1ccccc1C1CN(C2CC2)Cc2c(Cl)cc(Cl)cc21. The number of para-hydroxylation sites is 1. The molecule has 1 aliphatic carbocycles. The van der Waals surface area contributed by atoms with Gasteiger partial charge in [0.2, 0.25) is 5.91 Å². The third-order valence-corrected chi connectivity index (χ3v) is 6.64. The highest BCUT2D eigenvalue weighted by atomic mass is 35.5. The molecule has 27 heavy (non-hydrogen) atoms. The van der Waals surface area contributed by atoms with E-state index in [1.54, 1.807) is 0 Å². The minimum Gasteiger partial charge on any atom is -0.312 e. The first-order valence-electron chi connectivity index (χ1n) is 9.73. The Labute approximate surface area is 169 Å². The van der Waals surface area contributed by atoms with E-state index >= 15 is 0 Å². The minimum atomic E-state index is 0.176. The molecule has 0 spiro atoms. The van der Waals surface area contributed by atoms with Gasteiger partial charge >= 0.3 is 0 Å². The summed E-state index contributed by atoms with van der Waals surface area (Å²) in [4.78, 5) is 16.9. The summed E-state index contributed by atoms with van der Waals surface area (Å²) in [6, 6.07) is 12.9. The van der Waals surface area contributed by atoms with Crippen LogP contribution in [0.3, 0.4) is 0 Å². The molecule has 3 aliphatic rings. The first kappa shape index (κ1) is 17.5. The Hall–Kier alpha value is -1.55. The Bertz CT molecular complexity index is 909. The molecule has 2 aromatic carbocycles. The monoisotopic (exact) mass is 400 g/mol.